The second-order valence-corrected chi connectivity index (χ2v) is 7.55. The smallest absolute Gasteiger partial charge is 0.309 e. The number of hydrogen-bond donors (Lipinski definition) is 2. The molecule has 31 heavy (non-hydrogen) atoms. The van der Waals surface area contributed by atoms with Gasteiger partial charge >= 0.3 is 11.8 Å². The van der Waals surface area contributed by atoms with E-state index in [4.69, 9.17) is 14.2 Å². The summed E-state index contributed by atoms with van der Waals surface area (Å²) in [7, 11) is 0. The fourth-order valence-corrected chi connectivity index (χ4v) is 3.67. The minimum absolute atomic E-state index is 0.0755. The van der Waals surface area contributed by atoms with Crippen molar-refractivity contribution in [3.8, 4) is 11.5 Å². The number of nitrogens with zero attached hydrogens (tertiary/aromatic N) is 1. The predicted octanol–water partition coefficient (Wildman–Crippen LogP) is 1.61. The second kappa shape index (κ2) is 10.3. The molecule has 1 fully saturated rings. The van der Waals surface area contributed by atoms with Gasteiger partial charge in [0.2, 0.25) is 6.79 Å². The SMILES string of the molecule is O=C(NCCCN1CCO[C@@H](c2ccccc2)C1)C(=O)NCc1ccc2c(c1)OCO2. The number of fused-ring (bicyclic) bond motifs is 1. The summed E-state index contributed by atoms with van der Waals surface area (Å²) in [5.41, 5.74) is 2.02. The van der Waals surface area contributed by atoms with Gasteiger partial charge in [-0.25, -0.2) is 0 Å². The Kier molecular flexibility index (Phi) is 7.01. The Morgan fingerprint density at radius 3 is 2.68 bits per heavy atom. The summed E-state index contributed by atoms with van der Waals surface area (Å²) in [4.78, 5) is 26.4. The highest BCUT2D eigenvalue weighted by atomic mass is 16.7. The molecule has 1 atom stereocenters. The van der Waals surface area contributed by atoms with Gasteiger partial charge in [0, 0.05) is 32.7 Å². The van der Waals surface area contributed by atoms with Crippen molar-refractivity contribution in [2.45, 2.75) is 19.1 Å². The van der Waals surface area contributed by atoms with E-state index in [-0.39, 0.29) is 19.4 Å². The third kappa shape index (κ3) is 5.74. The lowest BCUT2D eigenvalue weighted by molar-refractivity contribution is -0.139. The molecule has 1 saturated heterocycles. The number of ether oxygens (including phenoxy) is 3. The van der Waals surface area contributed by atoms with Gasteiger partial charge in [0.05, 0.1) is 12.7 Å². The fourth-order valence-electron chi connectivity index (χ4n) is 3.67. The van der Waals surface area contributed by atoms with Crippen molar-refractivity contribution in [3.05, 3.63) is 59.7 Å². The molecule has 2 aliphatic heterocycles. The van der Waals surface area contributed by atoms with Crippen molar-refractivity contribution >= 4 is 11.8 Å². The molecule has 2 amide bonds. The summed E-state index contributed by atoms with van der Waals surface area (Å²) >= 11 is 0. The van der Waals surface area contributed by atoms with Crippen LogP contribution in [0.4, 0.5) is 0 Å². The zero-order chi connectivity index (χ0) is 21.5. The largest absolute Gasteiger partial charge is 0.454 e. The van der Waals surface area contributed by atoms with E-state index in [0.717, 1.165) is 31.6 Å². The average molecular weight is 425 g/mol. The van der Waals surface area contributed by atoms with E-state index in [9.17, 15) is 9.59 Å². The maximum Gasteiger partial charge on any atom is 0.309 e. The molecule has 2 heterocycles. The lowest BCUT2D eigenvalue weighted by Gasteiger charge is -2.33. The molecule has 0 bridgehead atoms. The second-order valence-electron chi connectivity index (χ2n) is 7.55. The molecule has 0 unspecified atom stereocenters. The van der Waals surface area contributed by atoms with E-state index in [1.54, 1.807) is 12.1 Å². The van der Waals surface area contributed by atoms with Crippen LogP contribution >= 0.6 is 0 Å². The molecule has 164 valence electrons. The normalized spacial score (nSPS) is 17.9. The lowest BCUT2D eigenvalue weighted by atomic mass is 10.1. The topological polar surface area (TPSA) is 89.1 Å². The van der Waals surface area contributed by atoms with E-state index in [1.807, 2.05) is 24.3 Å². The van der Waals surface area contributed by atoms with Crippen LogP contribution in [0.2, 0.25) is 0 Å². The van der Waals surface area contributed by atoms with Gasteiger partial charge in [-0.2, -0.15) is 0 Å². The summed E-state index contributed by atoms with van der Waals surface area (Å²) in [5.74, 6) is 0.0649. The van der Waals surface area contributed by atoms with Crippen LogP contribution in [0.5, 0.6) is 11.5 Å². The summed E-state index contributed by atoms with van der Waals surface area (Å²) in [5, 5.41) is 5.32. The average Bonchev–Trinajstić information content (AvgIpc) is 3.29. The number of rotatable bonds is 7. The molecule has 2 aromatic rings. The Morgan fingerprint density at radius 1 is 1.00 bits per heavy atom. The van der Waals surface area contributed by atoms with Crippen LogP contribution in [0.15, 0.2) is 48.5 Å². The summed E-state index contributed by atoms with van der Waals surface area (Å²) < 4.78 is 16.5. The molecule has 2 aliphatic rings. The first-order chi connectivity index (χ1) is 15.2. The Bertz CT molecular complexity index is 905. The highest BCUT2D eigenvalue weighted by Crippen LogP contribution is 2.32. The first-order valence-electron chi connectivity index (χ1n) is 10.5. The van der Waals surface area contributed by atoms with Gasteiger partial charge in [-0.05, 0) is 29.7 Å². The van der Waals surface area contributed by atoms with E-state index < -0.39 is 11.8 Å². The molecule has 2 N–H and O–H groups in total. The van der Waals surface area contributed by atoms with Gasteiger partial charge in [-0.1, -0.05) is 36.4 Å². The van der Waals surface area contributed by atoms with Crippen molar-refractivity contribution < 1.29 is 23.8 Å². The number of carbonyl (C=O) groups is 2. The van der Waals surface area contributed by atoms with E-state index in [2.05, 4.69) is 27.7 Å². The van der Waals surface area contributed by atoms with Crippen LogP contribution in [0, 0.1) is 0 Å². The third-order valence-electron chi connectivity index (χ3n) is 5.35. The fraction of sp³-hybridized carbons (Fsp3) is 0.391. The predicted molar refractivity (Wildman–Crippen MR) is 114 cm³/mol. The number of amides is 2. The lowest BCUT2D eigenvalue weighted by Crippen LogP contribution is -2.42. The first kappa shape index (κ1) is 21.1. The van der Waals surface area contributed by atoms with Gasteiger partial charge in [-0.15, -0.1) is 0 Å². The Balaban J connectivity index is 1.13. The highest BCUT2D eigenvalue weighted by Gasteiger charge is 2.21. The van der Waals surface area contributed by atoms with Crippen LogP contribution in [0.3, 0.4) is 0 Å². The van der Waals surface area contributed by atoms with Gasteiger partial charge in [-0.3, -0.25) is 14.5 Å². The zero-order valence-electron chi connectivity index (χ0n) is 17.3. The van der Waals surface area contributed by atoms with Crippen molar-refractivity contribution in [3.63, 3.8) is 0 Å². The maximum atomic E-state index is 12.0. The monoisotopic (exact) mass is 425 g/mol. The highest BCUT2D eigenvalue weighted by molar-refractivity contribution is 6.35. The van der Waals surface area contributed by atoms with Crippen molar-refractivity contribution in [1.82, 2.24) is 15.5 Å². The van der Waals surface area contributed by atoms with Crippen molar-refractivity contribution in [2.75, 3.05) is 39.6 Å². The maximum absolute atomic E-state index is 12.0. The van der Waals surface area contributed by atoms with Crippen LogP contribution in [-0.4, -0.2) is 56.3 Å². The number of benzene rings is 2. The molecule has 8 heteroatoms. The molecule has 4 rings (SSSR count). The van der Waals surface area contributed by atoms with Crippen LogP contribution in [0.25, 0.3) is 0 Å². The van der Waals surface area contributed by atoms with Gasteiger partial charge < -0.3 is 24.8 Å². The number of carbonyl (C=O) groups excluding carboxylic acids is 2. The van der Waals surface area contributed by atoms with Gasteiger partial charge in [0.15, 0.2) is 11.5 Å². The number of nitrogens with one attached hydrogen (secondary N) is 2. The molecule has 0 aliphatic carbocycles. The number of morpholine rings is 1. The summed E-state index contributed by atoms with van der Waals surface area (Å²) in [6.07, 6.45) is 0.842. The zero-order valence-corrected chi connectivity index (χ0v) is 17.3. The minimum atomic E-state index is -0.645. The molecule has 8 nitrogen and oxygen atoms in total. The van der Waals surface area contributed by atoms with E-state index in [0.29, 0.717) is 24.7 Å². The molecular formula is C23H27N3O5. The first-order valence-corrected chi connectivity index (χ1v) is 10.5. The molecule has 0 radical (unpaired) electrons. The van der Waals surface area contributed by atoms with Gasteiger partial charge in [0.1, 0.15) is 0 Å². The standard InChI is InChI=1S/C23H27N3O5/c27-22(23(28)25-14-17-7-8-19-20(13-17)31-16-30-19)24-9-4-10-26-11-12-29-21(15-26)18-5-2-1-3-6-18/h1-3,5-8,13,21H,4,9-12,14-16H2,(H,24,27)(H,25,28)/t21-/m1/s1. The van der Waals surface area contributed by atoms with E-state index >= 15 is 0 Å². The third-order valence-corrected chi connectivity index (χ3v) is 5.35. The molecule has 2 aromatic carbocycles. The molecule has 0 saturated carbocycles. The Morgan fingerprint density at radius 2 is 1.81 bits per heavy atom. The summed E-state index contributed by atoms with van der Waals surface area (Å²) in [6, 6.07) is 15.6. The Labute approximate surface area is 181 Å². The summed E-state index contributed by atoms with van der Waals surface area (Å²) in [6.45, 7) is 4.12. The quantitative estimate of drug-likeness (QED) is 0.518. The molecule has 0 aromatic heterocycles. The molecular weight excluding hydrogens is 398 g/mol. The Hall–Kier alpha value is -3.10. The molecule has 0 spiro atoms. The minimum Gasteiger partial charge on any atom is -0.454 e. The van der Waals surface area contributed by atoms with E-state index in [1.165, 1.54) is 5.56 Å². The van der Waals surface area contributed by atoms with Crippen LogP contribution < -0.4 is 20.1 Å². The van der Waals surface area contributed by atoms with Crippen LogP contribution in [-0.2, 0) is 20.9 Å². The number of hydrogen-bond acceptors (Lipinski definition) is 6. The van der Waals surface area contributed by atoms with Crippen molar-refractivity contribution in [1.29, 1.82) is 0 Å². The van der Waals surface area contributed by atoms with Crippen molar-refractivity contribution in [2.24, 2.45) is 0 Å². The van der Waals surface area contributed by atoms with Gasteiger partial charge in [0.25, 0.3) is 0 Å². The van der Waals surface area contributed by atoms with Crippen LogP contribution in [0.1, 0.15) is 23.7 Å².